The van der Waals surface area contributed by atoms with Crippen molar-refractivity contribution in [2.24, 2.45) is 0 Å². The predicted octanol–water partition coefficient (Wildman–Crippen LogP) is 4.95. The first kappa shape index (κ1) is 20.7. The molecule has 2 heterocycles. The van der Waals surface area contributed by atoms with Gasteiger partial charge in [-0.2, -0.15) is 0 Å². The molecule has 0 fully saturated rings. The fourth-order valence-corrected chi connectivity index (χ4v) is 5.05. The highest BCUT2D eigenvalue weighted by molar-refractivity contribution is 9.10. The Morgan fingerprint density at radius 1 is 1.16 bits per heavy atom. The molecule has 0 spiro atoms. The van der Waals surface area contributed by atoms with Crippen molar-refractivity contribution >= 4 is 49.3 Å². The van der Waals surface area contributed by atoms with Crippen molar-refractivity contribution in [2.45, 2.75) is 6.61 Å². The number of methoxy groups -OCH3 is 1. The van der Waals surface area contributed by atoms with E-state index in [4.69, 9.17) is 9.47 Å². The van der Waals surface area contributed by atoms with Gasteiger partial charge in [0.2, 0.25) is 0 Å². The molecule has 0 aliphatic rings. The van der Waals surface area contributed by atoms with Crippen LogP contribution in [0.25, 0.3) is 22.1 Å². The Kier molecular flexibility index (Phi) is 5.40. The maximum Gasteiger partial charge on any atom is 0.274 e. The van der Waals surface area contributed by atoms with Gasteiger partial charge < -0.3 is 9.47 Å². The van der Waals surface area contributed by atoms with Crippen molar-refractivity contribution < 1.29 is 13.9 Å². The van der Waals surface area contributed by atoms with Crippen LogP contribution in [0.5, 0.6) is 11.5 Å². The number of ether oxygens (including phenoxy) is 2. The summed E-state index contributed by atoms with van der Waals surface area (Å²) in [6.07, 6.45) is 1.80. The Morgan fingerprint density at radius 3 is 2.75 bits per heavy atom. The van der Waals surface area contributed by atoms with Gasteiger partial charge in [0.1, 0.15) is 12.4 Å². The molecule has 2 aromatic heterocycles. The number of hydrogen-bond donors (Lipinski definition) is 0. The van der Waals surface area contributed by atoms with Crippen LogP contribution < -0.4 is 19.6 Å². The molecule has 0 radical (unpaired) electrons. The Balaban J connectivity index is 1.53. The second-order valence-corrected chi connectivity index (χ2v) is 8.91. The Bertz CT molecular complexity index is 1580. The molecular formula is C24H16BrFN2O3S. The van der Waals surface area contributed by atoms with Gasteiger partial charge in [-0.1, -0.05) is 41.7 Å². The predicted molar refractivity (Wildman–Crippen MR) is 127 cm³/mol. The minimum absolute atomic E-state index is 0.0601. The largest absolute Gasteiger partial charge is 0.493 e. The smallest absolute Gasteiger partial charge is 0.274 e. The van der Waals surface area contributed by atoms with E-state index in [2.05, 4.69) is 20.9 Å². The van der Waals surface area contributed by atoms with E-state index in [9.17, 15) is 9.18 Å². The highest BCUT2D eigenvalue weighted by Crippen LogP contribution is 2.37. The Hall–Kier alpha value is -3.23. The average molecular weight is 511 g/mol. The number of fused-ring (bicyclic) bond motifs is 3. The van der Waals surface area contributed by atoms with Crippen molar-refractivity contribution in [3.63, 3.8) is 0 Å². The highest BCUT2D eigenvalue weighted by atomic mass is 79.9. The molecule has 5 aromatic rings. The lowest BCUT2D eigenvalue weighted by molar-refractivity contribution is 0.278. The summed E-state index contributed by atoms with van der Waals surface area (Å²) in [7, 11) is 1.53. The summed E-state index contributed by atoms with van der Waals surface area (Å²) in [5.74, 6) is 0.606. The first-order chi connectivity index (χ1) is 15.5. The van der Waals surface area contributed by atoms with Crippen molar-refractivity contribution in [2.75, 3.05) is 7.11 Å². The second kappa shape index (κ2) is 8.37. The number of rotatable bonds is 5. The molecule has 32 heavy (non-hydrogen) atoms. The molecule has 0 atom stereocenters. The fourth-order valence-electron chi connectivity index (χ4n) is 3.49. The molecule has 5 rings (SSSR count). The van der Waals surface area contributed by atoms with Crippen LogP contribution in [-0.4, -0.2) is 16.5 Å². The molecule has 5 nitrogen and oxygen atoms in total. The SMILES string of the molecule is COc1cc(C=c2sc3nc4ccccc4n3c2=O)cc(Br)c1OCc1ccccc1F. The van der Waals surface area contributed by atoms with E-state index in [0.29, 0.717) is 31.0 Å². The summed E-state index contributed by atoms with van der Waals surface area (Å²) in [6.45, 7) is 0.0601. The Morgan fingerprint density at radius 2 is 1.94 bits per heavy atom. The van der Waals surface area contributed by atoms with Crippen LogP contribution in [0.1, 0.15) is 11.1 Å². The summed E-state index contributed by atoms with van der Waals surface area (Å²) in [4.78, 5) is 18.2. The third-order valence-electron chi connectivity index (χ3n) is 5.02. The minimum Gasteiger partial charge on any atom is -0.493 e. The van der Waals surface area contributed by atoms with Gasteiger partial charge >= 0.3 is 0 Å². The number of thiazole rings is 1. The van der Waals surface area contributed by atoms with E-state index in [1.165, 1.54) is 24.5 Å². The topological polar surface area (TPSA) is 52.8 Å². The molecule has 0 bridgehead atoms. The number of aromatic nitrogens is 2. The van der Waals surface area contributed by atoms with Gasteiger partial charge in [-0.15, -0.1) is 0 Å². The third-order valence-corrected chi connectivity index (χ3v) is 6.58. The maximum absolute atomic E-state index is 13.9. The van der Waals surface area contributed by atoms with Crippen LogP contribution in [0.3, 0.4) is 0 Å². The Labute approximate surface area is 194 Å². The molecule has 3 aromatic carbocycles. The average Bonchev–Trinajstić information content (AvgIpc) is 3.30. The molecule has 0 saturated heterocycles. The lowest BCUT2D eigenvalue weighted by Crippen LogP contribution is -2.22. The standard InChI is InChI=1S/C24H16BrFN2O3S/c1-30-20-11-14(10-16(25)22(20)31-13-15-6-2-3-7-17(15)26)12-21-23(29)28-19-9-5-4-8-18(19)27-24(28)32-21/h2-12H,13H2,1H3. The van der Waals surface area contributed by atoms with Gasteiger partial charge in [-0.3, -0.25) is 4.79 Å². The molecule has 0 aliphatic carbocycles. The number of hydrogen-bond acceptors (Lipinski definition) is 5. The molecule has 0 unspecified atom stereocenters. The van der Waals surface area contributed by atoms with Crippen LogP contribution in [0.4, 0.5) is 4.39 Å². The van der Waals surface area contributed by atoms with Crippen molar-refractivity contribution in [1.29, 1.82) is 0 Å². The molecular weight excluding hydrogens is 495 g/mol. The highest BCUT2D eigenvalue weighted by Gasteiger charge is 2.14. The lowest BCUT2D eigenvalue weighted by atomic mass is 10.2. The van der Waals surface area contributed by atoms with Gasteiger partial charge in [-0.05, 0) is 57.9 Å². The van der Waals surface area contributed by atoms with Gasteiger partial charge in [-0.25, -0.2) is 13.8 Å². The fraction of sp³-hybridized carbons (Fsp3) is 0.0833. The van der Waals surface area contributed by atoms with Gasteiger partial charge in [0.05, 0.1) is 27.1 Å². The number of para-hydroxylation sites is 2. The quantitative estimate of drug-likeness (QED) is 0.335. The molecule has 8 heteroatoms. The van der Waals surface area contributed by atoms with E-state index in [1.807, 2.05) is 30.3 Å². The van der Waals surface area contributed by atoms with Gasteiger partial charge in [0, 0.05) is 5.56 Å². The summed E-state index contributed by atoms with van der Waals surface area (Å²) in [5.41, 5.74) is 2.68. The van der Waals surface area contributed by atoms with Gasteiger partial charge in [0.25, 0.3) is 5.56 Å². The van der Waals surface area contributed by atoms with E-state index in [1.54, 1.807) is 34.7 Å². The number of imidazole rings is 1. The number of nitrogens with zero attached hydrogens (tertiary/aromatic N) is 2. The molecule has 0 amide bonds. The zero-order valence-corrected chi connectivity index (χ0v) is 19.2. The van der Waals surface area contributed by atoms with Crippen molar-refractivity contribution in [1.82, 2.24) is 9.38 Å². The van der Waals surface area contributed by atoms with Crippen molar-refractivity contribution in [3.8, 4) is 11.5 Å². The third kappa shape index (κ3) is 3.65. The first-order valence-electron chi connectivity index (χ1n) is 9.70. The minimum atomic E-state index is -0.328. The number of benzene rings is 3. The van der Waals surface area contributed by atoms with E-state index >= 15 is 0 Å². The van der Waals surface area contributed by atoms with Crippen LogP contribution in [0.15, 0.2) is 69.9 Å². The molecule has 0 N–H and O–H groups in total. The summed E-state index contributed by atoms with van der Waals surface area (Å²) in [5, 5.41) is 0. The maximum atomic E-state index is 13.9. The lowest BCUT2D eigenvalue weighted by Gasteiger charge is -2.14. The molecule has 160 valence electrons. The van der Waals surface area contributed by atoms with Crippen molar-refractivity contribution in [3.05, 3.63) is 97.0 Å². The summed E-state index contributed by atoms with van der Waals surface area (Å²) in [6, 6.07) is 17.6. The van der Waals surface area contributed by atoms with Crippen LogP contribution in [-0.2, 0) is 6.61 Å². The van der Waals surface area contributed by atoms with E-state index in [0.717, 1.165) is 16.6 Å². The second-order valence-electron chi connectivity index (χ2n) is 7.05. The van der Waals surface area contributed by atoms with Crippen LogP contribution in [0, 0.1) is 5.82 Å². The van der Waals surface area contributed by atoms with Gasteiger partial charge in [0.15, 0.2) is 16.5 Å². The normalized spacial score (nSPS) is 12.0. The molecule has 0 aliphatic heterocycles. The molecule has 0 saturated carbocycles. The summed E-state index contributed by atoms with van der Waals surface area (Å²) >= 11 is 4.84. The van der Waals surface area contributed by atoms with Crippen LogP contribution in [0.2, 0.25) is 0 Å². The number of halogens is 2. The zero-order valence-electron chi connectivity index (χ0n) is 16.8. The summed E-state index contributed by atoms with van der Waals surface area (Å²) < 4.78 is 28.1. The van der Waals surface area contributed by atoms with E-state index in [-0.39, 0.29) is 18.0 Å². The first-order valence-corrected chi connectivity index (χ1v) is 11.3. The van der Waals surface area contributed by atoms with Crippen LogP contribution >= 0.6 is 27.3 Å². The van der Waals surface area contributed by atoms with E-state index < -0.39 is 0 Å². The zero-order chi connectivity index (χ0) is 22.2. The monoisotopic (exact) mass is 510 g/mol.